The van der Waals surface area contributed by atoms with Gasteiger partial charge in [0.1, 0.15) is 5.65 Å². The summed E-state index contributed by atoms with van der Waals surface area (Å²) in [5.41, 5.74) is 1.37. The van der Waals surface area contributed by atoms with Gasteiger partial charge < -0.3 is 4.98 Å². The Hall–Kier alpha value is -1.35. The van der Waals surface area contributed by atoms with Crippen LogP contribution in [-0.4, -0.2) is 15.8 Å². The molecule has 0 bridgehead atoms. The Balaban J connectivity index is 2.22. The van der Waals surface area contributed by atoms with Crippen LogP contribution >= 0.6 is 11.6 Å². The number of carbonyl (C=O) groups excluding carboxylic acids is 1. The molecule has 0 aliphatic heterocycles. The van der Waals surface area contributed by atoms with Gasteiger partial charge in [-0.15, -0.1) is 0 Å². The first kappa shape index (κ1) is 8.92. The SMILES string of the molecule is O=C(c1c[nH]c2nccc(Cl)c12)C1CC1. The summed E-state index contributed by atoms with van der Waals surface area (Å²) in [7, 11) is 0. The highest BCUT2D eigenvalue weighted by atomic mass is 35.5. The van der Waals surface area contributed by atoms with Crippen molar-refractivity contribution in [3.8, 4) is 0 Å². The summed E-state index contributed by atoms with van der Waals surface area (Å²) in [5, 5.41) is 1.35. The topological polar surface area (TPSA) is 45.8 Å². The van der Waals surface area contributed by atoms with Crippen molar-refractivity contribution in [1.82, 2.24) is 9.97 Å². The molecule has 2 aromatic rings. The highest BCUT2D eigenvalue weighted by Crippen LogP contribution is 2.35. The van der Waals surface area contributed by atoms with Gasteiger partial charge in [0.05, 0.1) is 5.02 Å². The fraction of sp³-hybridized carbons (Fsp3) is 0.273. The molecule has 1 fully saturated rings. The van der Waals surface area contributed by atoms with Crippen molar-refractivity contribution in [2.24, 2.45) is 5.92 Å². The van der Waals surface area contributed by atoms with Crippen LogP contribution in [0.15, 0.2) is 18.5 Å². The van der Waals surface area contributed by atoms with Gasteiger partial charge in [-0.1, -0.05) is 11.6 Å². The lowest BCUT2D eigenvalue weighted by Crippen LogP contribution is -1.99. The third-order valence-electron chi connectivity index (χ3n) is 2.74. The lowest BCUT2D eigenvalue weighted by Gasteiger charge is -1.97. The first-order valence-corrected chi connectivity index (χ1v) is 5.31. The van der Waals surface area contributed by atoms with E-state index >= 15 is 0 Å². The molecule has 4 heteroatoms. The van der Waals surface area contributed by atoms with Gasteiger partial charge >= 0.3 is 0 Å². The molecule has 76 valence electrons. The third kappa shape index (κ3) is 1.35. The normalized spacial score (nSPS) is 15.8. The molecule has 1 saturated carbocycles. The lowest BCUT2D eigenvalue weighted by atomic mass is 10.1. The van der Waals surface area contributed by atoms with Crippen LogP contribution in [0, 0.1) is 5.92 Å². The molecule has 0 atom stereocenters. The average Bonchev–Trinajstić information content (AvgIpc) is 2.98. The van der Waals surface area contributed by atoms with Gasteiger partial charge in [0.2, 0.25) is 0 Å². The second kappa shape index (κ2) is 3.07. The Morgan fingerprint density at radius 1 is 1.53 bits per heavy atom. The smallest absolute Gasteiger partial charge is 0.168 e. The number of Topliss-reactive ketones (excluding diaryl/α,β-unsaturated/α-hetero) is 1. The van der Waals surface area contributed by atoms with Gasteiger partial charge in [-0.05, 0) is 18.9 Å². The fourth-order valence-electron chi connectivity index (χ4n) is 1.78. The molecule has 15 heavy (non-hydrogen) atoms. The van der Waals surface area contributed by atoms with Crippen LogP contribution in [0.3, 0.4) is 0 Å². The fourth-order valence-corrected chi connectivity index (χ4v) is 2.02. The van der Waals surface area contributed by atoms with E-state index in [1.165, 1.54) is 0 Å². The van der Waals surface area contributed by atoms with Crippen molar-refractivity contribution in [2.75, 3.05) is 0 Å². The monoisotopic (exact) mass is 220 g/mol. The van der Waals surface area contributed by atoms with Crippen LogP contribution in [0.25, 0.3) is 11.0 Å². The number of hydrogen-bond acceptors (Lipinski definition) is 2. The molecule has 2 aromatic heterocycles. The lowest BCUT2D eigenvalue weighted by molar-refractivity contribution is 0.0969. The van der Waals surface area contributed by atoms with E-state index in [0.29, 0.717) is 16.2 Å². The second-order valence-electron chi connectivity index (χ2n) is 3.86. The Morgan fingerprint density at radius 3 is 3.07 bits per heavy atom. The summed E-state index contributed by atoms with van der Waals surface area (Å²) in [5.74, 6) is 0.399. The Labute approximate surface area is 91.5 Å². The number of nitrogens with one attached hydrogen (secondary N) is 1. The van der Waals surface area contributed by atoms with Crippen molar-refractivity contribution >= 4 is 28.4 Å². The van der Waals surface area contributed by atoms with Crippen LogP contribution in [0.1, 0.15) is 23.2 Å². The zero-order chi connectivity index (χ0) is 10.4. The van der Waals surface area contributed by atoms with Gasteiger partial charge in [0, 0.05) is 29.3 Å². The molecule has 1 aliphatic carbocycles. The molecule has 3 nitrogen and oxygen atoms in total. The molecule has 0 radical (unpaired) electrons. The largest absolute Gasteiger partial charge is 0.345 e. The number of hydrogen-bond donors (Lipinski definition) is 1. The van der Waals surface area contributed by atoms with Crippen LogP contribution in [0.4, 0.5) is 0 Å². The molecule has 0 saturated heterocycles. The van der Waals surface area contributed by atoms with Crippen molar-refractivity contribution in [3.05, 3.63) is 29.0 Å². The van der Waals surface area contributed by atoms with Crippen molar-refractivity contribution < 1.29 is 4.79 Å². The predicted molar refractivity (Wildman–Crippen MR) is 58.2 cm³/mol. The number of nitrogens with zero attached hydrogens (tertiary/aromatic N) is 1. The molecule has 0 spiro atoms. The highest BCUT2D eigenvalue weighted by Gasteiger charge is 2.32. The van der Waals surface area contributed by atoms with E-state index in [2.05, 4.69) is 9.97 Å². The van der Waals surface area contributed by atoms with Gasteiger partial charge in [-0.25, -0.2) is 4.98 Å². The summed E-state index contributed by atoms with van der Waals surface area (Å²) >= 11 is 6.06. The first-order chi connectivity index (χ1) is 7.27. The Morgan fingerprint density at radius 2 is 2.33 bits per heavy atom. The Bertz CT molecular complexity index is 543. The minimum absolute atomic E-state index is 0.191. The maximum atomic E-state index is 11.9. The van der Waals surface area contributed by atoms with E-state index in [1.807, 2.05) is 0 Å². The summed E-state index contributed by atoms with van der Waals surface area (Å²) in [6.45, 7) is 0. The van der Waals surface area contributed by atoms with Gasteiger partial charge in [0.15, 0.2) is 5.78 Å². The number of aromatic amines is 1. The van der Waals surface area contributed by atoms with Crippen molar-refractivity contribution in [2.45, 2.75) is 12.8 Å². The predicted octanol–water partition coefficient (Wildman–Crippen LogP) is 2.81. The van der Waals surface area contributed by atoms with Gasteiger partial charge in [-0.3, -0.25) is 4.79 Å². The molecular formula is C11H9ClN2O. The molecule has 2 heterocycles. The Kier molecular flexibility index (Phi) is 1.83. The second-order valence-corrected chi connectivity index (χ2v) is 4.26. The standard InChI is InChI=1S/C11H9ClN2O/c12-8-3-4-13-11-9(8)7(5-14-11)10(15)6-1-2-6/h3-6H,1-2H2,(H,13,14). The van der Waals surface area contributed by atoms with Crippen LogP contribution in [-0.2, 0) is 0 Å². The van der Waals surface area contributed by atoms with Gasteiger partial charge in [-0.2, -0.15) is 0 Å². The van der Waals surface area contributed by atoms with Crippen LogP contribution in [0.2, 0.25) is 5.02 Å². The number of aromatic nitrogens is 2. The number of carbonyl (C=O) groups is 1. The number of fused-ring (bicyclic) bond motifs is 1. The maximum absolute atomic E-state index is 11.9. The quantitative estimate of drug-likeness (QED) is 0.791. The van der Waals surface area contributed by atoms with E-state index in [1.54, 1.807) is 18.5 Å². The molecule has 3 rings (SSSR count). The molecule has 0 unspecified atom stereocenters. The van der Waals surface area contributed by atoms with E-state index in [0.717, 1.165) is 18.2 Å². The molecular weight excluding hydrogens is 212 g/mol. The summed E-state index contributed by atoms with van der Waals surface area (Å²) in [6, 6.07) is 1.71. The maximum Gasteiger partial charge on any atom is 0.168 e. The van der Waals surface area contributed by atoms with Crippen LogP contribution in [0.5, 0.6) is 0 Å². The van der Waals surface area contributed by atoms with E-state index in [-0.39, 0.29) is 11.7 Å². The number of H-pyrrole nitrogens is 1. The van der Waals surface area contributed by atoms with Crippen molar-refractivity contribution in [3.63, 3.8) is 0 Å². The zero-order valence-corrected chi connectivity index (χ0v) is 8.71. The molecule has 1 aliphatic rings. The van der Waals surface area contributed by atoms with Crippen LogP contribution < -0.4 is 0 Å². The number of halogens is 1. The minimum atomic E-state index is 0.191. The number of ketones is 1. The first-order valence-electron chi connectivity index (χ1n) is 4.93. The summed E-state index contributed by atoms with van der Waals surface area (Å²) < 4.78 is 0. The zero-order valence-electron chi connectivity index (χ0n) is 7.96. The van der Waals surface area contributed by atoms with Gasteiger partial charge in [0.25, 0.3) is 0 Å². The molecule has 0 aromatic carbocycles. The highest BCUT2D eigenvalue weighted by molar-refractivity contribution is 6.36. The third-order valence-corrected chi connectivity index (χ3v) is 3.05. The number of pyridine rings is 1. The summed E-state index contributed by atoms with van der Waals surface area (Å²) in [6.07, 6.45) is 5.35. The minimum Gasteiger partial charge on any atom is -0.345 e. The summed E-state index contributed by atoms with van der Waals surface area (Å²) in [4.78, 5) is 19.0. The number of rotatable bonds is 2. The molecule has 0 amide bonds. The average molecular weight is 221 g/mol. The van der Waals surface area contributed by atoms with E-state index in [9.17, 15) is 4.79 Å². The molecule has 1 N–H and O–H groups in total. The van der Waals surface area contributed by atoms with E-state index < -0.39 is 0 Å². The van der Waals surface area contributed by atoms with Crippen molar-refractivity contribution in [1.29, 1.82) is 0 Å². The van der Waals surface area contributed by atoms with E-state index in [4.69, 9.17) is 11.6 Å².